The molecule has 35 heavy (non-hydrogen) atoms. The summed E-state index contributed by atoms with van der Waals surface area (Å²) in [5.74, 6) is -1.03. The predicted octanol–water partition coefficient (Wildman–Crippen LogP) is 2.84. The van der Waals surface area contributed by atoms with Crippen LogP contribution in [0.25, 0.3) is 16.8 Å². The third kappa shape index (κ3) is 4.54. The van der Waals surface area contributed by atoms with Crippen LogP contribution >= 0.6 is 0 Å². The summed E-state index contributed by atoms with van der Waals surface area (Å²) in [5.41, 5.74) is 4.66. The molecule has 9 heteroatoms. The van der Waals surface area contributed by atoms with Gasteiger partial charge in [-0.2, -0.15) is 4.39 Å². The van der Waals surface area contributed by atoms with Crippen LogP contribution in [0.5, 0.6) is 0 Å². The van der Waals surface area contributed by atoms with Gasteiger partial charge in [-0.1, -0.05) is 18.7 Å². The van der Waals surface area contributed by atoms with Crippen LogP contribution in [0.1, 0.15) is 15.9 Å². The van der Waals surface area contributed by atoms with Crippen LogP contribution in [-0.2, 0) is 11.2 Å². The summed E-state index contributed by atoms with van der Waals surface area (Å²) in [6.45, 7) is 7.63. The van der Waals surface area contributed by atoms with E-state index in [9.17, 15) is 14.0 Å². The fraction of sp³-hybridized carbons (Fsp3) is 0.269. The van der Waals surface area contributed by atoms with Crippen molar-refractivity contribution < 1.29 is 14.0 Å². The van der Waals surface area contributed by atoms with E-state index in [0.717, 1.165) is 37.4 Å². The van der Waals surface area contributed by atoms with E-state index in [0.29, 0.717) is 41.0 Å². The van der Waals surface area contributed by atoms with Gasteiger partial charge in [-0.25, -0.2) is 4.68 Å². The summed E-state index contributed by atoms with van der Waals surface area (Å²) in [4.78, 5) is 28.6. The van der Waals surface area contributed by atoms with E-state index in [4.69, 9.17) is 0 Å². The molecule has 0 aliphatic carbocycles. The Balaban J connectivity index is 1.49. The first-order valence-electron chi connectivity index (χ1n) is 11.6. The van der Waals surface area contributed by atoms with Crippen molar-refractivity contribution in [2.45, 2.75) is 6.42 Å². The lowest BCUT2D eigenvalue weighted by Crippen LogP contribution is -2.44. The Morgan fingerprint density at radius 2 is 1.94 bits per heavy atom. The number of piperazine rings is 1. The van der Waals surface area contributed by atoms with Crippen molar-refractivity contribution in [1.82, 2.24) is 20.0 Å². The number of likely N-dealkylation sites (N-methyl/N-ethyl adjacent to an activating group) is 1. The first kappa shape index (κ1) is 22.8. The maximum absolute atomic E-state index is 15.0. The molecule has 0 saturated carbocycles. The largest absolute Gasteiger partial charge is 0.367 e. The highest BCUT2D eigenvalue weighted by atomic mass is 19.1. The number of halogens is 1. The van der Waals surface area contributed by atoms with Crippen molar-refractivity contribution in [3.63, 3.8) is 0 Å². The lowest BCUT2D eigenvalue weighted by atomic mass is 9.96. The van der Waals surface area contributed by atoms with Gasteiger partial charge in [0.15, 0.2) is 0 Å². The number of anilines is 2. The van der Waals surface area contributed by atoms with Gasteiger partial charge in [-0.15, -0.1) is 5.10 Å². The molecule has 2 aliphatic rings. The van der Waals surface area contributed by atoms with Crippen LogP contribution in [0.2, 0.25) is 0 Å². The summed E-state index contributed by atoms with van der Waals surface area (Å²) in [6.07, 6.45) is 3.55. The molecular formula is C26H27FN6O2. The molecule has 0 unspecified atom stereocenters. The molecule has 1 aromatic heterocycles. The van der Waals surface area contributed by atoms with Crippen molar-refractivity contribution in [1.29, 1.82) is 0 Å². The third-order valence-electron chi connectivity index (χ3n) is 6.54. The minimum atomic E-state index is -0.606. The zero-order valence-electron chi connectivity index (χ0n) is 19.6. The van der Waals surface area contributed by atoms with Gasteiger partial charge < -0.3 is 20.4 Å². The zero-order valence-corrected chi connectivity index (χ0v) is 19.6. The Morgan fingerprint density at radius 3 is 2.71 bits per heavy atom. The highest BCUT2D eigenvalue weighted by molar-refractivity contribution is 6.01. The standard InChI is InChI=1S/C26H27FN6O2/c1-3-24(34)29-22-15-19(5-7-23(22)32-12-10-31(2)11-13-32)33-16-21(25(27)30-33)17-4-6-20-18(14-17)8-9-28-26(20)35/h3-7,14-16H,1,8-13H2,2H3,(H,28,35)(H,29,34). The average Bonchev–Trinajstić information content (AvgIpc) is 3.26. The molecule has 0 radical (unpaired) electrons. The van der Waals surface area contributed by atoms with Gasteiger partial charge in [-0.3, -0.25) is 9.59 Å². The number of nitrogens with one attached hydrogen (secondary N) is 2. The Hall–Kier alpha value is -3.98. The van der Waals surface area contributed by atoms with Crippen LogP contribution in [0.4, 0.5) is 15.8 Å². The van der Waals surface area contributed by atoms with Crippen molar-refractivity contribution in [2.75, 3.05) is 50.0 Å². The first-order chi connectivity index (χ1) is 16.9. The van der Waals surface area contributed by atoms with E-state index in [1.807, 2.05) is 18.2 Å². The second-order valence-corrected chi connectivity index (χ2v) is 8.84. The molecule has 3 heterocycles. The first-order valence-corrected chi connectivity index (χ1v) is 11.6. The molecular weight excluding hydrogens is 447 g/mol. The maximum Gasteiger partial charge on any atom is 0.251 e. The highest BCUT2D eigenvalue weighted by Crippen LogP contribution is 2.31. The van der Waals surface area contributed by atoms with E-state index < -0.39 is 5.95 Å². The van der Waals surface area contributed by atoms with Crippen LogP contribution in [0.3, 0.4) is 0 Å². The van der Waals surface area contributed by atoms with E-state index in [1.54, 1.807) is 24.4 Å². The molecule has 1 saturated heterocycles. The number of rotatable bonds is 5. The van der Waals surface area contributed by atoms with Crippen molar-refractivity contribution in [2.24, 2.45) is 0 Å². The Morgan fingerprint density at radius 1 is 1.14 bits per heavy atom. The van der Waals surface area contributed by atoms with Gasteiger partial charge in [0.25, 0.3) is 5.91 Å². The number of fused-ring (bicyclic) bond motifs is 1. The van der Waals surface area contributed by atoms with Gasteiger partial charge in [0.05, 0.1) is 22.6 Å². The quantitative estimate of drug-likeness (QED) is 0.556. The van der Waals surface area contributed by atoms with E-state index in [-0.39, 0.29) is 11.8 Å². The summed E-state index contributed by atoms with van der Waals surface area (Å²) in [5, 5.41) is 9.80. The number of hydrogen-bond acceptors (Lipinski definition) is 5. The molecule has 2 N–H and O–H groups in total. The van der Waals surface area contributed by atoms with E-state index >= 15 is 0 Å². The smallest absolute Gasteiger partial charge is 0.251 e. The van der Waals surface area contributed by atoms with Gasteiger partial charge in [0, 0.05) is 44.5 Å². The molecule has 0 spiro atoms. The molecule has 8 nitrogen and oxygen atoms in total. The van der Waals surface area contributed by atoms with Gasteiger partial charge >= 0.3 is 0 Å². The van der Waals surface area contributed by atoms with Crippen LogP contribution in [0.15, 0.2) is 55.3 Å². The van der Waals surface area contributed by atoms with Gasteiger partial charge in [-0.05, 0) is 54.9 Å². The number of amides is 2. The van der Waals surface area contributed by atoms with E-state index in [2.05, 4.69) is 39.2 Å². The maximum atomic E-state index is 15.0. The van der Waals surface area contributed by atoms with Crippen LogP contribution < -0.4 is 15.5 Å². The Kier molecular flexibility index (Phi) is 6.08. The molecule has 2 aromatic carbocycles. The topological polar surface area (TPSA) is 82.5 Å². The zero-order chi connectivity index (χ0) is 24.5. The Labute approximate surface area is 203 Å². The average molecular weight is 475 g/mol. The van der Waals surface area contributed by atoms with Crippen LogP contribution in [-0.4, -0.2) is 66.3 Å². The number of benzene rings is 2. The summed E-state index contributed by atoms with van der Waals surface area (Å²) >= 11 is 0. The van der Waals surface area contributed by atoms with E-state index in [1.165, 1.54) is 10.8 Å². The predicted molar refractivity (Wildman–Crippen MR) is 134 cm³/mol. The second kappa shape index (κ2) is 9.34. The summed E-state index contributed by atoms with van der Waals surface area (Å²) < 4.78 is 16.4. The molecule has 5 rings (SSSR count). The molecule has 3 aromatic rings. The van der Waals surface area contributed by atoms with Crippen LogP contribution in [0, 0.1) is 5.95 Å². The number of carbonyl (C=O) groups excluding carboxylic acids is 2. The molecule has 2 amide bonds. The molecule has 0 atom stereocenters. The van der Waals surface area contributed by atoms with Crippen molar-refractivity contribution in [3.05, 3.63) is 72.3 Å². The minimum absolute atomic E-state index is 0.108. The van der Waals surface area contributed by atoms with Crippen molar-refractivity contribution in [3.8, 4) is 16.8 Å². The third-order valence-corrected chi connectivity index (χ3v) is 6.54. The molecule has 1 fully saturated rings. The number of carbonyl (C=O) groups is 2. The lowest BCUT2D eigenvalue weighted by molar-refractivity contribution is -0.111. The normalized spacial score (nSPS) is 15.9. The summed E-state index contributed by atoms with van der Waals surface area (Å²) in [7, 11) is 2.09. The molecule has 180 valence electrons. The van der Waals surface area contributed by atoms with Gasteiger partial charge in [0.1, 0.15) is 0 Å². The molecule has 0 bridgehead atoms. The SMILES string of the molecule is C=CC(=O)Nc1cc(-n2cc(-c3ccc4c(c3)CCNC4=O)c(F)n2)ccc1N1CCN(C)CC1. The minimum Gasteiger partial charge on any atom is -0.367 e. The second-order valence-electron chi connectivity index (χ2n) is 8.84. The number of aromatic nitrogens is 2. The highest BCUT2D eigenvalue weighted by Gasteiger charge is 2.21. The summed E-state index contributed by atoms with van der Waals surface area (Å²) in [6, 6.07) is 10.9. The fourth-order valence-corrected chi connectivity index (χ4v) is 4.55. The molecule has 2 aliphatic heterocycles. The number of nitrogens with zero attached hydrogens (tertiary/aromatic N) is 4. The van der Waals surface area contributed by atoms with Gasteiger partial charge in [0.2, 0.25) is 11.9 Å². The fourth-order valence-electron chi connectivity index (χ4n) is 4.55. The van der Waals surface area contributed by atoms with Crippen molar-refractivity contribution >= 4 is 23.2 Å². The monoisotopic (exact) mass is 474 g/mol. The lowest BCUT2D eigenvalue weighted by Gasteiger charge is -2.35. The Bertz CT molecular complexity index is 1310. The number of hydrogen-bond donors (Lipinski definition) is 2.